The second kappa shape index (κ2) is 28.9. The van der Waals surface area contributed by atoms with Crippen molar-refractivity contribution in [3.63, 3.8) is 0 Å². The van der Waals surface area contributed by atoms with Crippen LogP contribution in [-0.4, -0.2) is 61.5 Å². The normalized spacial score (nSPS) is 14.4. The zero-order valence-electron chi connectivity index (χ0n) is 26.9. The first-order valence-electron chi connectivity index (χ1n) is 17.9. The minimum Gasteiger partial charge on any atom is -0.340 e. The molecular weight excluding hydrogens is 478 g/mol. The van der Waals surface area contributed by atoms with Crippen molar-refractivity contribution in [1.29, 1.82) is 0 Å². The molecule has 1 amide bonds. The average molecular weight is 550 g/mol. The van der Waals surface area contributed by atoms with Crippen molar-refractivity contribution in [2.75, 3.05) is 45.8 Å². The predicted octanol–water partition coefficient (Wildman–Crippen LogP) is 9.51. The topological polar surface area (TPSA) is 35.6 Å². The van der Waals surface area contributed by atoms with E-state index in [1.165, 1.54) is 161 Å². The highest BCUT2D eigenvalue weighted by Crippen LogP contribution is 2.15. The van der Waals surface area contributed by atoms with Crippen molar-refractivity contribution >= 4 is 5.91 Å². The van der Waals surface area contributed by atoms with Gasteiger partial charge in [0.15, 0.2) is 0 Å². The third kappa shape index (κ3) is 24.9. The molecule has 1 aliphatic heterocycles. The molecule has 1 heterocycles. The van der Waals surface area contributed by atoms with Crippen molar-refractivity contribution < 1.29 is 4.79 Å². The Morgan fingerprint density at radius 2 is 0.821 bits per heavy atom. The molecule has 0 unspecified atom stereocenters. The van der Waals surface area contributed by atoms with Crippen LogP contribution in [0.5, 0.6) is 0 Å². The first-order chi connectivity index (χ1) is 19.2. The summed E-state index contributed by atoms with van der Waals surface area (Å²) >= 11 is 0. The van der Waals surface area contributed by atoms with Crippen molar-refractivity contribution in [2.45, 2.75) is 174 Å². The van der Waals surface area contributed by atoms with E-state index in [0.29, 0.717) is 0 Å². The van der Waals surface area contributed by atoms with Crippen molar-refractivity contribution in [2.24, 2.45) is 0 Å². The number of piperazine rings is 1. The lowest BCUT2D eigenvalue weighted by Gasteiger charge is -2.34. The molecule has 1 saturated heterocycles. The highest BCUT2D eigenvalue weighted by molar-refractivity contribution is 5.73. The van der Waals surface area contributed by atoms with Crippen molar-refractivity contribution in [3.05, 3.63) is 0 Å². The van der Waals surface area contributed by atoms with Crippen LogP contribution in [-0.2, 0) is 4.79 Å². The van der Waals surface area contributed by atoms with E-state index in [9.17, 15) is 4.79 Å². The molecule has 1 rings (SSSR count). The summed E-state index contributed by atoms with van der Waals surface area (Å²) in [5, 5.41) is 3.61. The Morgan fingerprint density at radius 3 is 1.15 bits per heavy atom. The summed E-state index contributed by atoms with van der Waals surface area (Å²) in [4.78, 5) is 15.8. The lowest BCUT2D eigenvalue weighted by Crippen LogP contribution is -2.49. The molecule has 0 aromatic carbocycles. The van der Waals surface area contributed by atoms with Crippen molar-refractivity contribution in [3.8, 4) is 0 Å². The fraction of sp³-hybridized carbons (Fsp3) is 0.971. The Morgan fingerprint density at radius 1 is 0.487 bits per heavy atom. The fourth-order valence-electron chi connectivity index (χ4n) is 6.04. The van der Waals surface area contributed by atoms with Gasteiger partial charge in [-0.2, -0.15) is 0 Å². The van der Waals surface area contributed by atoms with E-state index >= 15 is 0 Å². The van der Waals surface area contributed by atoms with E-state index in [1.807, 2.05) is 4.90 Å². The molecule has 0 aliphatic carbocycles. The van der Waals surface area contributed by atoms with Crippen LogP contribution < -0.4 is 5.32 Å². The molecule has 39 heavy (non-hydrogen) atoms. The summed E-state index contributed by atoms with van der Waals surface area (Å²) in [6, 6.07) is 0. The molecule has 0 aromatic rings. The zero-order valence-corrected chi connectivity index (χ0v) is 26.9. The second-order valence-corrected chi connectivity index (χ2v) is 12.6. The van der Waals surface area contributed by atoms with Crippen LogP contribution in [0.4, 0.5) is 0 Å². The van der Waals surface area contributed by atoms with E-state index in [1.54, 1.807) is 6.92 Å². The lowest BCUT2D eigenvalue weighted by molar-refractivity contribution is -0.130. The van der Waals surface area contributed by atoms with Gasteiger partial charge in [0, 0.05) is 46.2 Å². The number of rotatable bonds is 29. The molecule has 0 atom stereocenters. The quantitative estimate of drug-likeness (QED) is 0.0944. The first kappa shape index (κ1) is 36.4. The highest BCUT2D eigenvalue weighted by atomic mass is 16.2. The minimum atomic E-state index is 0.221. The number of hydrogen-bond donors (Lipinski definition) is 1. The molecule has 1 fully saturated rings. The summed E-state index contributed by atoms with van der Waals surface area (Å²) in [5.74, 6) is 0.221. The Bertz CT molecular complexity index is 504. The van der Waals surface area contributed by atoms with Crippen molar-refractivity contribution in [1.82, 2.24) is 15.1 Å². The molecule has 0 spiro atoms. The summed E-state index contributed by atoms with van der Waals surface area (Å²) in [5.41, 5.74) is 0. The molecule has 0 saturated carbocycles. The molecule has 0 aromatic heterocycles. The second-order valence-electron chi connectivity index (χ2n) is 12.6. The van der Waals surface area contributed by atoms with Crippen LogP contribution in [0.25, 0.3) is 0 Å². The average Bonchev–Trinajstić information content (AvgIpc) is 2.94. The molecule has 4 heteroatoms. The summed E-state index contributed by atoms with van der Waals surface area (Å²) in [6.45, 7) is 11.2. The number of carbonyl (C=O) groups excluding carboxylic acids is 1. The summed E-state index contributed by atoms with van der Waals surface area (Å²) in [7, 11) is 0. The van der Waals surface area contributed by atoms with Gasteiger partial charge in [-0.1, -0.05) is 161 Å². The van der Waals surface area contributed by atoms with E-state index in [4.69, 9.17) is 0 Å². The third-order valence-electron chi connectivity index (χ3n) is 8.88. The minimum absolute atomic E-state index is 0.221. The largest absolute Gasteiger partial charge is 0.340 e. The fourth-order valence-corrected chi connectivity index (χ4v) is 6.04. The van der Waals surface area contributed by atoms with Gasteiger partial charge in [0.2, 0.25) is 5.91 Å². The Kier molecular flexibility index (Phi) is 27.0. The predicted molar refractivity (Wildman–Crippen MR) is 173 cm³/mol. The van der Waals surface area contributed by atoms with Gasteiger partial charge < -0.3 is 10.2 Å². The Balaban J connectivity index is 1.65. The molecule has 1 N–H and O–H groups in total. The van der Waals surface area contributed by atoms with Gasteiger partial charge in [0.25, 0.3) is 0 Å². The van der Waals surface area contributed by atoms with E-state index in [2.05, 4.69) is 17.1 Å². The van der Waals surface area contributed by atoms with Crippen LogP contribution >= 0.6 is 0 Å². The Hall–Kier alpha value is -0.610. The number of carbonyl (C=O) groups is 1. The van der Waals surface area contributed by atoms with Crippen LogP contribution in [0.1, 0.15) is 174 Å². The summed E-state index contributed by atoms with van der Waals surface area (Å²) < 4.78 is 0. The van der Waals surface area contributed by atoms with Gasteiger partial charge in [0.05, 0.1) is 0 Å². The number of nitrogens with one attached hydrogen (secondary N) is 1. The van der Waals surface area contributed by atoms with Gasteiger partial charge in [-0.25, -0.2) is 0 Å². The number of amides is 1. The smallest absolute Gasteiger partial charge is 0.219 e. The molecule has 0 radical (unpaired) electrons. The number of hydrogen-bond acceptors (Lipinski definition) is 3. The van der Waals surface area contributed by atoms with Crippen LogP contribution in [0.15, 0.2) is 0 Å². The number of unbranched alkanes of at least 4 members (excludes halogenated alkanes) is 24. The third-order valence-corrected chi connectivity index (χ3v) is 8.88. The first-order valence-corrected chi connectivity index (χ1v) is 17.9. The molecule has 232 valence electrons. The molecule has 4 nitrogen and oxygen atoms in total. The number of nitrogens with zero attached hydrogens (tertiary/aromatic N) is 2. The zero-order chi connectivity index (χ0) is 28.1. The van der Waals surface area contributed by atoms with E-state index in [-0.39, 0.29) is 5.91 Å². The van der Waals surface area contributed by atoms with Gasteiger partial charge in [0.1, 0.15) is 0 Å². The van der Waals surface area contributed by atoms with E-state index < -0.39 is 0 Å². The molecular formula is C35H71N3O. The van der Waals surface area contributed by atoms with Gasteiger partial charge >= 0.3 is 0 Å². The van der Waals surface area contributed by atoms with Crippen LogP contribution in [0.2, 0.25) is 0 Å². The molecule has 0 bridgehead atoms. The van der Waals surface area contributed by atoms with Crippen LogP contribution in [0, 0.1) is 0 Å². The summed E-state index contributed by atoms with van der Waals surface area (Å²) in [6.07, 6.45) is 36.3. The molecule has 1 aliphatic rings. The Labute approximate surface area is 245 Å². The maximum atomic E-state index is 11.4. The van der Waals surface area contributed by atoms with Crippen LogP contribution in [0.3, 0.4) is 0 Å². The van der Waals surface area contributed by atoms with E-state index in [0.717, 1.165) is 45.8 Å². The lowest BCUT2D eigenvalue weighted by atomic mass is 10.0. The van der Waals surface area contributed by atoms with Gasteiger partial charge in [-0.05, 0) is 13.0 Å². The standard InChI is InChI=1S/C35H71N3O/c1-3-4-5-6-7-8-9-10-11-12-13-14-15-16-17-18-19-20-21-22-23-24-25-26-27-28-36-29-30-37-31-33-38(34-32-37)35(2)39/h36H,3-34H2,1-2H3. The maximum absolute atomic E-state index is 11.4. The monoisotopic (exact) mass is 550 g/mol. The van der Waals surface area contributed by atoms with Gasteiger partial charge in [-0.15, -0.1) is 0 Å². The maximum Gasteiger partial charge on any atom is 0.219 e. The highest BCUT2D eigenvalue weighted by Gasteiger charge is 2.17. The van der Waals surface area contributed by atoms with Gasteiger partial charge in [-0.3, -0.25) is 9.69 Å². The SMILES string of the molecule is CCCCCCCCCCCCCCCCCCCCCCCCCCCNCCN1CCN(C(C)=O)CC1.